The van der Waals surface area contributed by atoms with Crippen molar-refractivity contribution in [3.8, 4) is 0 Å². The Morgan fingerprint density at radius 2 is 2.38 bits per heavy atom. The molecule has 0 aliphatic rings. The Hall–Kier alpha value is -1.84. The molecule has 13 heavy (non-hydrogen) atoms. The van der Waals surface area contributed by atoms with E-state index in [1.807, 2.05) is 25.1 Å². The van der Waals surface area contributed by atoms with Gasteiger partial charge in [0.1, 0.15) is 6.21 Å². The molecule has 1 rings (SSSR count). The van der Waals surface area contributed by atoms with Crippen molar-refractivity contribution in [3.63, 3.8) is 0 Å². The summed E-state index contributed by atoms with van der Waals surface area (Å²) >= 11 is 0. The number of carbonyl (C=O) groups excluding carboxylic acids is 1. The number of anilines is 1. The lowest BCUT2D eigenvalue weighted by Crippen LogP contribution is -2.12. The highest BCUT2D eigenvalue weighted by Crippen LogP contribution is 2.08. The summed E-state index contributed by atoms with van der Waals surface area (Å²) in [4.78, 5) is 10.9. The summed E-state index contributed by atoms with van der Waals surface area (Å²) < 4.78 is 0. The number of hydrogen-bond donors (Lipinski definition) is 2. The number of carbonyl (C=O) groups is 1. The lowest BCUT2D eigenvalue weighted by atomic mass is 10.2. The molecule has 1 amide bonds. The van der Waals surface area contributed by atoms with E-state index in [1.165, 1.54) is 0 Å². The summed E-state index contributed by atoms with van der Waals surface area (Å²) in [6.07, 6.45) is 0.808. The minimum absolute atomic E-state index is 0.451. The third-order valence-corrected chi connectivity index (χ3v) is 1.46. The van der Waals surface area contributed by atoms with Crippen molar-refractivity contribution in [2.45, 2.75) is 6.92 Å². The fraction of sp³-hybridized carbons (Fsp3) is 0.111. The molecule has 0 spiro atoms. The van der Waals surface area contributed by atoms with Crippen molar-refractivity contribution in [2.75, 3.05) is 5.32 Å². The first-order chi connectivity index (χ1) is 6.22. The molecule has 2 N–H and O–H groups in total. The summed E-state index contributed by atoms with van der Waals surface area (Å²) in [6, 6.07) is 7.34. The van der Waals surface area contributed by atoms with Crippen LogP contribution in [0.5, 0.6) is 0 Å². The first-order valence-corrected chi connectivity index (χ1v) is 3.77. The Kier molecular flexibility index (Phi) is 3.03. The maximum atomic E-state index is 10.9. The number of nitrogens with zero attached hydrogens (tertiary/aromatic N) is 1. The molecule has 0 aliphatic heterocycles. The van der Waals surface area contributed by atoms with Crippen molar-refractivity contribution in [1.29, 1.82) is 0 Å². The van der Waals surface area contributed by atoms with E-state index < -0.39 is 5.91 Å². The monoisotopic (exact) mass is 178 g/mol. The highest BCUT2D eigenvalue weighted by atomic mass is 16.4. The maximum absolute atomic E-state index is 10.9. The van der Waals surface area contributed by atoms with Gasteiger partial charge in [-0.1, -0.05) is 17.3 Å². The van der Waals surface area contributed by atoms with Crippen LogP contribution in [0.3, 0.4) is 0 Å². The quantitative estimate of drug-likeness (QED) is 0.408. The van der Waals surface area contributed by atoms with Gasteiger partial charge in [0.25, 0.3) is 5.91 Å². The van der Waals surface area contributed by atoms with E-state index in [0.717, 1.165) is 11.8 Å². The van der Waals surface area contributed by atoms with Crippen LogP contribution in [-0.4, -0.2) is 17.3 Å². The smallest absolute Gasteiger partial charge is 0.270 e. The molecule has 4 nitrogen and oxygen atoms in total. The van der Waals surface area contributed by atoms with Crippen LogP contribution < -0.4 is 5.32 Å². The molecular weight excluding hydrogens is 168 g/mol. The SMILES string of the molecule is Cc1cccc(NC(=O)/C=N\O)c1. The van der Waals surface area contributed by atoms with Gasteiger partial charge in [-0.05, 0) is 24.6 Å². The molecule has 0 saturated carbocycles. The lowest BCUT2D eigenvalue weighted by molar-refractivity contribution is -0.110. The standard InChI is InChI=1S/C9H10N2O2/c1-7-3-2-4-8(5-7)11-9(12)6-10-13/h2-6,13H,1H3,(H,11,12)/b10-6-. The average Bonchev–Trinajstić information content (AvgIpc) is 2.04. The van der Waals surface area contributed by atoms with E-state index >= 15 is 0 Å². The van der Waals surface area contributed by atoms with Gasteiger partial charge in [-0.2, -0.15) is 0 Å². The number of oxime groups is 1. The van der Waals surface area contributed by atoms with Gasteiger partial charge in [0.05, 0.1) is 0 Å². The van der Waals surface area contributed by atoms with Gasteiger partial charge in [-0.3, -0.25) is 4.79 Å². The van der Waals surface area contributed by atoms with E-state index in [9.17, 15) is 4.79 Å². The fourth-order valence-corrected chi connectivity index (χ4v) is 0.950. The molecule has 1 aromatic carbocycles. The van der Waals surface area contributed by atoms with Crippen LogP contribution in [0, 0.1) is 6.92 Å². The number of benzene rings is 1. The van der Waals surface area contributed by atoms with Crippen LogP contribution in [-0.2, 0) is 4.79 Å². The van der Waals surface area contributed by atoms with E-state index in [4.69, 9.17) is 5.21 Å². The minimum Gasteiger partial charge on any atom is -0.411 e. The van der Waals surface area contributed by atoms with E-state index in [2.05, 4.69) is 10.5 Å². The average molecular weight is 178 g/mol. The Morgan fingerprint density at radius 1 is 1.62 bits per heavy atom. The van der Waals surface area contributed by atoms with Gasteiger partial charge in [0.2, 0.25) is 0 Å². The second-order valence-electron chi connectivity index (χ2n) is 2.60. The van der Waals surface area contributed by atoms with E-state index in [1.54, 1.807) is 6.07 Å². The molecule has 0 radical (unpaired) electrons. The van der Waals surface area contributed by atoms with Crippen LogP contribution in [0.25, 0.3) is 0 Å². The number of nitrogens with one attached hydrogen (secondary N) is 1. The number of hydrogen-bond acceptors (Lipinski definition) is 3. The molecule has 0 atom stereocenters. The number of amides is 1. The van der Waals surface area contributed by atoms with Gasteiger partial charge in [-0.25, -0.2) is 0 Å². The minimum atomic E-state index is -0.451. The second kappa shape index (κ2) is 4.25. The normalized spacial score (nSPS) is 10.2. The van der Waals surface area contributed by atoms with Crippen molar-refractivity contribution >= 4 is 17.8 Å². The highest BCUT2D eigenvalue weighted by molar-refractivity contribution is 6.31. The zero-order chi connectivity index (χ0) is 9.68. The van der Waals surface area contributed by atoms with Crippen LogP contribution in [0.2, 0.25) is 0 Å². The van der Waals surface area contributed by atoms with E-state index in [0.29, 0.717) is 5.69 Å². The highest BCUT2D eigenvalue weighted by Gasteiger charge is 1.97. The topological polar surface area (TPSA) is 61.7 Å². The molecule has 68 valence electrons. The molecule has 0 unspecified atom stereocenters. The van der Waals surface area contributed by atoms with Gasteiger partial charge in [-0.15, -0.1) is 0 Å². The van der Waals surface area contributed by atoms with Crippen LogP contribution >= 0.6 is 0 Å². The number of aryl methyl sites for hydroxylation is 1. The summed E-state index contributed by atoms with van der Waals surface area (Å²) in [5.74, 6) is -0.451. The molecule has 0 heterocycles. The zero-order valence-corrected chi connectivity index (χ0v) is 7.19. The van der Waals surface area contributed by atoms with Crippen LogP contribution in [0.4, 0.5) is 5.69 Å². The van der Waals surface area contributed by atoms with Gasteiger partial charge in [0.15, 0.2) is 0 Å². The molecule has 0 aromatic heterocycles. The summed E-state index contributed by atoms with van der Waals surface area (Å²) in [6.45, 7) is 1.93. The Morgan fingerprint density at radius 3 is 3.00 bits per heavy atom. The predicted octanol–water partition coefficient (Wildman–Crippen LogP) is 1.39. The van der Waals surface area contributed by atoms with Gasteiger partial charge < -0.3 is 10.5 Å². The molecule has 1 aromatic rings. The van der Waals surface area contributed by atoms with Gasteiger partial charge in [0, 0.05) is 5.69 Å². The molecule has 0 aliphatic carbocycles. The first-order valence-electron chi connectivity index (χ1n) is 3.77. The molecule has 4 heteroatoms. The summed E-state index contributed by atoms with van der Waals surface area (Å²) in [5.41, 5.74) is 1.74. The van der Waals surface area contributed by atoms with Crippen molar-refractivity contribution in [2.24, 2.45) is 5.16 Å². The Balaban J connectivity index is 2.69. The largest absolute Gasteiger partial charge is 0.411 e. The maximum Gasteiger partial charge on any atom is 0.270 e. The van der Waals surface area contributed by atoms with Gasteiger partial charge >= 0.3 is 0 Å². The third kappa shape index (κ3) is 2.94. The Labute approximate surface area is 75.9 Å². The molecular formula is C9H10N2O2. The molecule has 0 bridgehead atoms. The van der Waals surface area contributed by atoms with Crippen molar-refractivity contribution in [3.05, 3.63) is 29.8 Å². The lowest BCUT2D eigenvalue weighted by Gasteiger charge is -2.01. The second-order valence-corrected chi connectivity index (χ2v) is 2.60. The fourth-order valence-electron chi connectivity index (χ4n) is 0.950. The summed E-state index contributed by atoms with van der Waals surface area (Å²) in [7, 11) is 0. The van der Waals surface area contributed by atoms with Crippen molar-refractivity contribution in [1.82, 2.24) is 0 Å². The van der Waals surface area contributed by atoms with Crippen molar-refractivity contribution < 1.29 is 10.0 Å². The molecule has 0 saturated heterocycles. The Bertz CT molecular complexity index is 334. The summed E-state index contributed by atoms with van der Waals surface area (Å²) in [5, 5.41) is 13.2. The number of rotatable bonds is 2. The van der Waals surface area contributed by atoms with Crippen LogP contribution in [0.15, 0.2) is 29.4 Å². The van der Waals surface area contributed by atoms with E-state index in [-0.39, 0.29) is 0 Å². The third-order valence-electron chi connectivity index (χ3n) is 1.46. The molecule has 0 fully saturated rings. The zero-order valence-electron chi connectivity index (χ0n) is 7.19. The first kappa shape index (κ1) is 9.25. The van der Waals surface area contributed by atoms with Crippen LogP contribution in [0.1, 0.15) is 5.56 Å². The predicted molar refractivity (Wildman–Crippen MR) is 50.1 cm³/mol.